The van der Waals surface area contributed by atoms with E-state index in [1.165, 1.54) is 0 Å². The molecule has 0 atom stereocenters. The minimum absolute atomic E-state index is 0.174. The molecule has 0 saturated carbocycles. The summed E-state index contributed by atoms with van der Waals surface area (Å²) in [5, 5.41) is 3.91. The van der Waals surface area contributed by atoms with Crippen molar-refractivity contribution in [2.75, 3.05) is 5.32 Å². The number of hydrogen-bond acceptors (Lipinski definition) is 3. The fraction of sp³-hybridized carbons (Fsp3) is 0.143. The summed E-state index contributed by atoms with van der Waals surface area (Å²) < 4.78 is 5.75. The first-order valence-corrected chi connectivity index (χ1v) is 8.55. The number of aromatic amines is 1. The summed E-state index contributed by atoms with van der Waals surface area (Å²) >= 11 is 0. The molecule has 2 heterocycles. The summed E-state index contributed by atoms with van der Waals surface area (Å²) in [6, 6.07) is 17.1. The largest absolute Gasteiger partial charge is 0.441 e. The minimum atomic E-state index is -0.174. The van der Waals surface area contributed by atoms with E-state index in [0.717, 1.165) is 22.2 Å². The van der Waals surface area contributed by atoms with Gasteiger partial charge >= 0.3 is 0 Å². The minimum Gasteiger partial charge on any atom is -0.441 e. The Morgan fingerprint density at radius 2 is 1.88 bits per heavy atom. The lowest BCUT2D eigenvalue weighted by Gasteiger charge is -2.04. The Bertz CT molecular complexity index is 1030. The van der Waals surface area contributed by atoms with Gasteiger partial charge in [0.2, 0.25) is 5.89 Å². The highest BCUT2D eigenvalue weighted by Gasteiger charge is 2.11. The number of nitrogens with one attached hydrogen (secondary N) is 2. The number of amides is 1. The van der Waals surface area contributed by atoms with Gasteiger partial charge < -0.3 is 14.7 Å². The molecule has 0 aliphatic rings. The summed E-state index contributed by atoms with van der Waals surface area (Å²) in [7, 11) is 0. The lowest BCUT2D eigenvalue weighted by Crippen LogP contribution is -2.12. The number of rotatable bonds is 4. The zero-order valence-electron chi connectivity index (χ0n) is 14.6. The van der Waals surface area contributed by atoms with Crippen LogP contribution in [0, 0.1) is 0 Å². The summed E-state index contributed by atoms with van der Waals surface area (Å²) in [5.74, 6) is 1.57. The number of H-pyrrole nitrogens is 1. The molecule has 4 aromatic rings. The van der Waals surface area contributed by atoms with Crippen LogP contribution in [0.25, 0.3) is 22.4 Å². The molecule has 0 aliphatic carbocycles. The zero-order valence-corrected chi connectivity index (χ0v) is 14.6. The van der Waals surface area contributed by atoms with Crippen molar-refractivity contribution < 1.29 is 9.21 Å². The summed E-state index contributed by atoms with van der Waals surface area (Å²) in [5.41, 5.74) is 3.07. The number of benzene rings is 2. The number of oxazole rings is 1. The molecule has 2 aromatic heterocycles. The molecule has 2 N–H and O–H groups in total. The van der Waals surface area contributed by atoms with Crippen LogP contribution in [0.3, 0.4) is 0 Å². The van der Waals surface area contributed by atoms with E-state index in [-0.39, 0.29) is 5.91 Å². The van der Waals surface area contributed by atoms with Crippen molar-refractivity contribution in [3.8, 4) is 11.5 Å². The van der Waals surface area contributed by atoms with E-state index in [1.54, 1.807) is 6.20 Å². The summed E-state index contributed by atoms with van der Waals surface area (Å²) in [6.07, 6.45) is 1.76. The normalized spacial score (nSPS) is 11.2. The van der Waals surface area contributed by atoms with Gasteiger partial charge in [-0.3, -0.25) is 4.79 Å². The molecule has 0 radical (unpaired) electrons. The van der Waals surface area contributed by atoms with Crippen LogP contribution in [0.1, 0.15) is 36.0 Å². The van der Waals surface area contributed by atoms with Crippen LogP contribution in [0.2, 0.25) is 0 Å². The Hall–Kier alpha value is -3.34. The number of carbonyl (C=O) groups excluding carboxylic acids is 1. The standard InChI is InChI=1S/C21H19N3O2/c1-13(2)19-12-22-21(26-19)14-7-9-16(10-8-14)23-20(25)18-11-15-5-3-4-6-17(15)24-18/h3-13,24H,1-2H3,(H,23,25). The van der Waals surface area contributed by atoms with Crippen LogP contribution in [0.5, 0.6) is 0 Å². The van der Waals surface area contributed by atoms with Crippen molar-refractivity contribution in [2.45, 2.75) is 19.8 Å². The number of fused-ring (bicyclic) bond motifs is 1. The lowest BCUT2D eigenvalue weighted by molar-refractivity contribution is 0.102. The highest BCUT2D eigenvalue weighted by Crippen LogP contribution is 2.24. The Labute approximate surface area is 151 Å². The van der Waals surface area contributed by atoms with E-state index in [2.05, 4.69) is 29.1 Å². The van der Waals surface area contributed by atoms with Gasteiger partial charge in [-0.1, -0.05) is 32.0 Å². The third-order valence-corrected chi connectivity index (χ3v) is 4.26. The zero-order chi connectivity index (χ0) is 18.1. The second kappa shape index (κ2) is 6.52. The van der Waals surface area contributed by atoms with Gasteiger partial charge in [-0.25, -0.2) is 4.98 Å². The molecule has 0 bridgehead atoms. The van der Waals surface area contributed by atoms with Crippen LogP contribution in [-0.2, 0) is 0 Å². The van der Waals surface area contributed by atoms with Gasteiger partial charge in [0.25, 0.3) is 5.91 Å². The maximum atomic E-state index is 12.4. The first kappa shape index (κ1) is 16.1. The number of anilines is 1. The fourth-order valence-electron chi connectivity index (χ4n) is 2.78. The van der Waals surface area contributed by atoms with Crippen LogP contribution < -0.4 is 5.32 Å². The Morgan fingerprint density at radius 1 is 1.12 bits per heavy atom. The second-order valence-electron chi connectivity index (χ2n) is 6.52. The van der Waals surface area contributed by atoms with E-state index in [4.69, 9.17) is 4.42 Å². The molecule has 2 aromatic carbocycles. The van der Waals surface area contributed by atoms with Crippen molar-refractivity contribution >= 4 is 22.5 Å². The van der Waals surface area contributed by atoms with Gasteiger partial charge in [0.05, 0.1) is 6.20 Å². The lowest BCUT2D eigenvalue weighted by atomic mass is 10.2. The molecule has 1 amide bonds. The number of para-hydroxylation sites is 1. The molecular formula is C21H19N3O2. The van der Waals surface area contributed by atoms with Gasteiger partial charge in [0, 0.05) is 28.1 Å². The quantitative estimate of drug-likeness (QED) is 0.534. The van der Waals surface area contributed by atoms with E-state index in [0.29, 0.717) is 23.2 Å². The molecule has 4 rings (SSSR count). The molecule has 0 fully saturated rings. The van der Waals surface area contributed by atoms with Crippen LogP contribution in [0.4, 0.5) is 5.69 Å². The van der Waals surface area contributed by atoms with Gasteiger partial charge in [-0.15, -0.1) is 0 Å². The first-order chi connectivity index (χ1) is 12.6. The molecule has 0 spiro atoms. The Morgan fingerprint density at radius 3 is 2.58 bits per heavy atom. The third kappa shape index (κ3) is 3.11. The fourth-order valence-corrected chi connectivity index (χ4v) is 2.78. The highest BCUT2D eigenvalue weighted by molar-refractivity contribution is 6.05. The van der Waals surface area contributed by atoms with Crippen molar-refractivity contribution in [3.05, 3.63) is 72.2 Å². The van der Waals surface area contributed by atoms with Crippen molar-refractivity contribution in [1.29, 1.82) is 0 Å². The number of hydrogen-bond donors (Lipinski definition) is 2. The number of carbonyl (C=O) groups is 1. The Kier molecular flexibility index (Phi) is 4.05. The molecule has 0 unspecified atom stereocenters. The van der Waals surface area contributed by atoms with E-state index in [9.17, 15) is 4.79 Å². The average Bonchev–Trinajstić information content (AvgIpc) is 3.29. The maximum absolute atomic E-state index is 12.4. The third-order valence-electron chi connectivity index (χ3n) is 4.26. The van der Waals surface area contributed by atoms with E-state index >= 15 is 0 Å². The smallest absolute Gasteiger partial charge is 0.272 e. The first-order valence-electron chi connectivity index (χ1n) is 8.55. The molecular weight excluding hydrogens is 326 g/mol. The number of aromatic nitrogens is 2. The van der Waals surface area contributed by atoms with Crippen molar-refractivity contribution in [2.24, 2.45) is 0 Å². The predicted molar refractivity (Wildman–Crippen MR) is 102 cm³/mol. The molecule has 26 heavy (non-hydrogen) atoms. The van der Waals surface area contributed by atoms with Gasteiger partial charge in [-0.05, 0) is 36.4 Å². The highest BCUT2D eigenvalue weighted by atomic mass is 16.4. The van der Waals surface area contributed by atoms with Gasteiger partial charge in [-0.2, -0.15) is 0 Å². The van der Waals surface area contributed by atoms with Gasteiger partial charge in [0.1, 0.15) is 11.5 Å². The van der Waals surface area contributed by atoms with Crippen molar-refractivity contribution in [1.82, 2.24) is 9.97 Å². The average molecular weight is 345 g/mol. The second-order valence-corrected chi connectivity index (χ2v) is 6.52. The maximum Gasteiger partial charge on any atom is 0.272 e. The topological polar surface area (TPSA) is 70.9 Å². The van der Waals surface area contributed by atoms with E-state index in [1.807, 2.05) is 54.6 Å². The van der Waals surface area contributed by atoms with Crippen LogP contribution >= 0.6 is 0 Å². The summed E-state index contributed by atoms with van der Waals surface area (Å²) in [4.78, 5) is 19.9. The van der Waals surface area contributed by atoms with E-state index < -0.39 is 0 Å². The predicted octanol–water partition coefficient (Wildman–Crippen LogP) is 5.20. The van der Waals surface area contributed by atoms with Crippen LogP contribution in [-0.4, -0.2) is 15.9 Å². The van der Waals surface area contributed by atoms with Crippen molar-refractivity contribution in [3.63, 3.8) is 0 Å². The van der Waals surface area contributed by atoms with Gasteiger partial charge in [0.15, 0.2) is 0 Å². The van der Waals surface area contributed by atoms with Crippen LogP contribution in [0.15, 0.2) is 65.2 Å². The summed E-state index contributed by atoms with van der Waals surface area (Å²) in [6.45, 7) is 4.12. The molecule has 0 aliphatic heterocycles. The molecule has 5 nitrogen and oxygen atoms in total. The SMILES string of the molecule is CC(C)c1cnc(-c2ccc(NC(=O)c3cc4ccccc4[nH]3)cc2)o1. The molecule has 0 saturated heterocycles. The molecule has 130 valence electrons. The Balaban J connectivity index is 1.50. The monoisotopic (exact) mass is 345 g/mol. The molecule has 5 heteroatoms. The number of nitrogens with zero attached hydrogens (tertiary/aromatic N) is 1.